The number of likely N-dealkylation sites (tertiary alicyclic amines) is 1. The number of carbonyl (C=O) groups excluding carboxylic acids is 2. The van der Waals surface area contributed by atoms with Crippen LogP contribution in [0.2, 0.25) is 0 Å². The molecule has 0 spiro atoms. The number of fused-ring (bicyclic) bond motifs is 1. The molecule has 0 aliphatic carbocycles. The number of aromatic nitrogens is 3. The summed E-state index contributed by atoms with van der Waals surface area (Å²) in [4.78, 5) is 26.9. The third kappa shape index (κ3) is 5.14. The molecule has 31 heavy (non-hydrogen) atoms. The first kappa shape index (κ1) is 21.5. The lowest BCUT2D eigenvalue weighted by Crippen LogP contribution is -2.41. The van der Waals surface area contributed by atoms with Crippen molar-refractivity contribution in [2.45, 2.75) is 77.3 Å². The summed E-state index contributed by atoms with van der Waals surface area (Å²) in [5, 5.41) is 11.9. The van der Waals surface area contributed by atoms with Gasteiger partial charge in [0.1, 0.15) is 11.6 Å². The zero-order chi connectivity index (χ0) is 21.8. The van der Waals surface area contributed by atoms with Gasteiger partial charge in [0, 0.05) is 38.9 Å². The summed E-state index contributed by atoms with van der Waals surface area (Å²) in [6.45, 7) is 5.95. The highest BCUT2D eigenvalue weighted by Gasteiger charge is 2.30. The first-order chi connectivity index (χ1) is 15.0. The van der Waals surface area contributed by atoms with Gasteiger partial charge in [0.2, 0.25) is 11.8 Å². The largest absolute Gasteiger partial charge is 0.349 e. The van der Waals surface area contributed by atoms with Gasteiger partial charge in [-0.05, 0) is 38.2 Å². The second-order valence-electron chi connectivity index (χ2n) is 8.98. The topological polar surface area (TPSA) is 80.1 Å². The molecule has 2 atom stereocenters. The number of amides is 2. The van der Waals surface area contributed by atoms with Crippen LogP contribution in [-0.2, 0) is 22.6 Å². The van der Waals surface area contributed by atoms with Crippen LogP contribution in [0.25, 0.3) is 0 Å². The van der Waals surface area contributed by atoms with Gasteiger partial charge in [-0.25, -0.2) is 0 Å². The quantitative estimate of drug-likeness (QED) is 0.800. The van der Waals surface area contributed by atoms with Crippen molar-refractivity contribution in [1.29, 1.82) is 0 Å². The zero-order valence-electron chi connectivity index (χ0n) is 18.6. The summed E-state index contributed by atoms with van der Waals surface area (Å²) in [7, 11) is 0. The third-order valence-electron chi connectivity index (χ3n) is 6.51. The van der Waals surface area contributed by atoms with Gasteiger partial charge in [-0.15, -0.1) is 10.2 Å². The molecular weight excluding hydrogens is 390 g/mol. The van der Waals surface area contributed by atoms with Crippen LogP contribution in [0.3, 0.4) is 0 Å². The summed E-state index contributed by atoms with van der Waals surface area (Å²) in [6, 6.07) is 7.71. The maximum atomic E-state index is 13.2. The van der Waals surface area contributed by atoms with Crippen LogP contribution < -0.4 is 5.32 Å². The number of nitrogens with zero attached hydrogens (tertiary/aromatic N) is 4. The minimum absolute atomic E-state index is 0.0830. The second kappa shape index (κ2) is 9.62. The van der Waals surface area contributed by atoms with Crippen molar-refractivity contribution in [3.63, 3.8) is 0 Å². The van der Waals surface area contributed by atoms with E-state index in [1.165, 1.54) is 26.2 Å². The summed E-state index contributed by atoms with van der Waals surface area (Å²) in [5.41, 5.74) is 2.12. The highest BCUT2D eigenvalue weighted by molar-refractivity contribution is 5.79. The maximum absolute atomic E-state index is 13.2. The fourth-order valence-electron chi connectivity index (χ4n) is 4.82. The van der Waals surface area contributed by atoms with E-state index in [1.54, 1.807) is 0 Å². The van der Waals surface area contributed by atoms with Crippen molar-refractivity contribution in [2.75, 3.05) is 13.1 Å². The Morgan fingerprint density at radius 2 is 1.90 bits per heavy atom. The lowest BCUT2D eigenvalue weighted by atomic mass is 9.95. The van der Waals surface area contributed by atoms with Crippen LogP contribution in [0.5, 0.6) is 0 Å². The molecule has 1 N–H and O–H groups in total. The molecule has 0 radical (unpaired) electrons. The molecule has 0 unspecified atom stereocenters. The van der Waals surface area contributed by atoms with Crippen molar-refractivity contribution in [1.82, 2.24) is 25.0 Å². The molecule has 2 aliphatic rings. The van der Waals surface area contributed by atoms with Crippen LogP contribution in [0, 0.1) is 6.92 Å². The average molecular weight is 424 g/mol. The Labute approximate surface area is 184 Å². The molecule has 1 saturated heterocycles. The molecule has 2 aliphatic heterocycles. The van der Waals surface area contributed by atoms with Crippen molar-refractivity contribution in [2.24, 2.45) is 0 Å². The maximum Gasteiger partial charge on any atom is 0.225 e. The Balaban J connectivity index is 1.46. The van der Waals surface area contributed by atoms with E-state index in [4.69, 9.17) is 0 Å². The zero-order valence-corrected chi connectivity index (χ0v) is 18.6. The van der Waals surface area contributed by atoms with E-state index in [9.17, 15) is 9.59 Å². The Kier molecular flexibility index (Phi) is 6.68. The number of nitrogens with one attached hydrogen (secondary N) is 1. The Morgan fingerprint density at radius 1 is 1.10 bits per heavy atom. The fraction of sp³-hybridized carbons (Fsp3) is 0.583. The summed E-state index contributed by atoms with van der Waals surface area (Å²) >= 11 is 0. The number of hydrogen-bond donors (Lipinski definition) is 1. The van der Waals surface area contributed by atoms with E-state index in [-0.39, 0.29) is 30.2 Å². The predicted molar refractivity (Wildman–Crippen MR) is 118 cm³/mol. The summed E-state index contributed by atoms with van der Waals surface area (Å²) in [5.74, 6) is 2.34. The highest BCUT2D eigenvalue weighted by Crippen LogP contribution is 2.29. The van der Waals surface area contributed by atoms with Crippen molar-refractivity contribution in [3.05, 3.63) is 47.0 Å². The lowest BCUT2D eigenvalue weighted by molar-refractivity contribution is -0.133. The van der Waals surface area contributed by atoms with E-state index in [2.05, 4.69) is 20.1 Å². The van der Waals surface area contributed by atoms with E-state index in [1.807, 2.05) is 36.1 Å². The monoisotopic (exact) mass is 423 g/mol. The Bertz CT molecular complexity index is 921. The van der Waals surface area contributed by atoms with Crippen LogP contribution in [0.4, 0.5) is 0 Å². The molecule has 2 aromatic rings. The molecule has 1 aromatic heterocycles. The van der Waals surface area contributed by atoms with Gasteiger partial charge in [-0.3, -0.25) is 9.59 Å². The SMILES string of the molecule is CC(=O)N[C@H](CC(=O)N1CCC[C@H](c2nnc3n2CCCCC3)C1)c1ccc(C)cc1. The van der Waals surface area contributed by atoms with E-state index < -0.39 is 0 Å². The predicted octanol–water partition coefficient (Wildman–Crippen LogP) is 3.29. The molecule has 1 aromatic carbocycles. The van der Waals surface area contributed by atoms with Crippen molar-refractivity contribution in [3.8, 4) is 0 Å². The second-order valence-corrected chi connectivity index (χ2v) is 8.98. The van der Waals surface area contributed by atoms with Crippen LogP contribution in [0.1, 0.15) is 80.2 Å². The van der Waals surface area contributed by atoms with Crippen LogP contribution >= 0.6 is 0 Å². The van der Waals surface area contributed by atoms with Gasteiger partial charge in [-0.2, -0.15) is 0 Å². The van der Waals surface area contributed by atoms with Crippen LogP contribution in [0.15, 0.2) is 24.3 Å². The van der Waals surface area contributed by atoms with Crippen molar-refractivity contribution >= 4 is 11.8 Å². The number of carbonyl (C=O) groups is 2. The fourth-order valence-corrected chi connectivity index (χ4v) is 4.82. The van der Waals surface area contributed by atoms with Gasteiger partial charge in [0.05, 0.1) is 12.5 Å². The van der Waals surface area contributed by atoms with Gasteiger partial charge in [0.15, 0.2) is 0 Å². The molecule has 7 heteroatoms. The molecule has 3 heterocycles. The van der Waals surface area contributed by atoms with E-state index in [0.717, 1.165) is 55.1 Å². The first-order valence-electron chi connectivity index (χ1n) is 11.5. The minimum atomic E-state index is -0.310. The highest BCUT2D eigenvalue weighted by atomic mass is 16.2. The standard InChI is InChI=1S/C24H33N5O2/c1-17-9-11-19(12-10-17)21(25-18(2)30)15-23(31)28-13-6-7-20(16-28)24-27-26-22-8-4-3-5-14-29(22)24/h9-12,20-21H,3-8,13-16H2,1-2H3,(H,25,30)/t20-,21+/m0/s1. The number of benzene rings is 1. The van der Waals surface area contributed by atoms with E-state index >= 15 is 0 Å². The minimum Gasteiger partial charge on any atom is -0.349 e. The smallest absolute Gasteiger partial charge is 0.225 e. The molecular formula is C24H33N5O2. The number of aryl methyl sites for hydroxylation is 2. The summed E-state index contributed by atoms with van der Waals surface area (Å²) in [6.07, 6.45) is 6.86. The van der Waals surface area contributed by atoms with Crippen molar-refractivity contribution < 1.29 is 9.59 Å². The van der Waals surface area contributed by atoms with Gasteiger partial charge in [-0.1, -0.05) is 36.2 Å². The normalized spacial score (nSPS) is 19.9. The third-order valence-corrected chi connectivity index (χ3v) is 6.51. The molecule has 166 valence electrons. The molecule has 4 rings (SSSR count). The Hall–Kier alpha value is -2.70. The molecule has 7 nitrogen and oxygen atoms in total. The van der Waals surface area contributed by atoms with Gasteiger partial charge < -0.3 is 14.8 Å². The van der Waals surface area contributed by atoms with Crippen LogP contribution in [-0.4, -0.2) is 44.6 Å². The first-order valence-corrected chi connectivity index (χ1v) is 11.5. The van der Waals surface area contributed by atoms with Gasteiger partial charge >= 0.3 is 0 Å². The summed E-state index contributed by atoms with van der Waals surface area (Å²) < 4.78 is 2.30. The number of rotatable bonds is 5. The Morgan fingerprint density at radius 3 is 2.68 bits per heavy atom. The average Bonchev–Trinajstić information content (AvgIpc) is 3.02. The molecule has 0 saturated carbocycles. The van der Waals surface area contributed by atoms with E-state index in [0.29, 0.717) is 6.54 Å². The molecule has 1 fully saturated rings. The van der Waals surface area contributed by atoms with Gasteiger partial charge in [0.25, 0.3) is 0 Å². The number of hydrogen-bond acceptors (Lipinski definition) is 4. The molecule has 2 amide bonds. The molecule has 0 bridgehead atoms. The lowest BCUT2D eigenvalue weighted by Gasteiger charge is -2.33. The number of piperidine rings is 1.